The second-order valence-corrected chi connectivity index (χ2v) is 6.24. The van der Waals surface area contributed by atoms with Gasteiger partial charge in [-0.25, -0.2) is 9.97 Å². The minimum atomic E-state index is 0.489. The van der Waals surface area contributed by atoms with Crippen LogP contribution in [0, 0.1) is 0 Å². The molecule has 0 amide bonds. The lowest BCUT2D eigenvalue weighted by Gasteiger charge is -2.16. The second-order valence-electron chi connectivity index (χ2n) is 5.43. The molecule has 0 radical (unpaired) electrons. The summed E-state index contributed by atoms with van der Waals surface area (Å²) in [7, 11) is 0. The molecule has 2 fully saturated rings. The number of fused-ring (bicyclic) bond motifs is 1. The molecule has 1 N–H and O–H groups in total. The predicted molar refractivity (Wildman–Crippen MR) is 77.3 cm³/mol. The molecule has 100 valence electrons. The van der Waals surface area contributed by atoms with Gasteiger partial charge >= 0.3 is 0 Å². The Labute approximate surface area is 120 Å². The fourth-order valence-electron chi connectivity index (χ4n) is 2.87. The molecule has 1 saturated heterocycles. The van der Waals surface area contributed by atoms with Crippen LogP contribution in [0.15, 0.2) is 23.2 Å². The van der Waals surface area contributed by atoms with Crippen LogP contribution < -0.4 is 5.32 Å². The number of anilines is 1. The first kappa shape index (κ1) is 11.7. The first-order chi connectivity index (χ1) is 9.29. The van der Waals surface area contributed by atoms with Crippen molar-refractivity contribution >= 4 is 27.4 Å². The summed E-state index contributed by atoms with van der Waals surface area (Å²) < 4.78 is 2.82. The van der Waals surface area contributed by atoms with Crippen LogP contribution in [0.1, 0.15) is 19.3 Å². The fourth-order valence-corrected chi connectivity index (χ4v) is 3.27. The average Bonchev–Trinajstić information content (AvgIpc) is 2.95. The van der Waals surface area contributed by atoms with E-state index in [-0.39, 0.29) is 0 Å². The van der Waals surface area contributed by atoms with Gasteiger partial charge in [0.1, 0.15) is 4.60 Å². The number of likely N-dealkylation sites (tertiary alicyclic amines) is 1. The number of nitrogens with zero attached hydrogens (tertiary/aromatic N) is 4. The van der Waals surface area contributed by atoms with Gasteiger partial charge in [-0.05, 0) is 35.2 Å². The number of halogens is 1. The van der Waals surface area contributed by atoms with E-state index in [0.717, 1.165) is 28.7 Å². The van der Waals surface area contributed by atoms with Crippen LogP contribution in [0.3, 0.4) is 0 Å². The molecule has 1 unspecified atom stereocenters. The third-order valence-electron chi connectivity index (χ3n) is 3.97. The molecule has 2 aromatic rings. The van der Waals surface area contributed by atoms with Gasteiger partial charge in [-0.1, -0.05) is 0 Å². The highest BCUT2D eigenvalue weighted by Gasteiger charge is 2.34. The van der Waals surface area contributed by atoms with Gasteiger partial charge in [0.05, 0.1) is 0 Å². The van der Waals surface area contributed by atoms with E-state index in [2.05, 4.69) is 36.1 Å². The standard InChI is InChI=1S/C13H16BrN5/c14-11-8-19-6-4-15-13(19)12(17-11)16-9-3-5-18(7-9)10-1-2-10/h4,6,8-10H,1-3,5,7H2,(H,16,17). The van der Waals surface area contributed by atoms with Crippen molar-refractivity contribution in [1.82, 2.24) is 19.3 Å². The average molecular weight is 322 g/mol. The molecule has 3 heterocycles. The SMILES string of the molecule is Brc1cn2ccnc2c(NC2CCN(C3CC3)C2)n1. The number of nitrogens with one attached hydrogen (secondary N) is 1. The highest BCUT2D eigenvalue weighted by atomic mass is 79.9. The quantitative estimate of drug-likeness (QED) is 0.940. The van der Waals surface area contributed by atoms with Crippen LogP contribution >= 0.6 is 15.9 Å². The van der Waals surface area contributed by atoms with Gasteiger partial charge in [0.15, 0.2) is 11.5 Å². The van der Waals surface area contributed by atoms with Crippen molar-refractivity contribution in [3.63, 3.8) is 0 Å². The first-order valence-electron chi connectivity index (χ1n) is 6.79. The molecule has 19 heavy (non-hydrogen) atoms. The topological polar surface area (TPSA) is 45.5 Å². The molecule has 0 spiro atoms. The van der Waals surface area contributed by atoms with E-state index in [9.17, 15) is 0 Å². The number of aromatic nitrogens is 3. The minimum absolute atomic E-state index is 0.489. The summed E-state index contributed by atoms with van der Waals surface area (Å²) in [5.74, 6) is 0.877. The zero-order valence-electron chi connectivity index (χ0n) is 10.6. The van der Waals surface area contributed by atoms with E-state index < -0.39 is 0 Å². The summed E-state index contributed by atoms with van der Waals surface area (Å²) in [6.07, 6.45) is 9.63. The molecular formula is C13H16BrN5. The molecule has 0 bridgehead atoms. The molecule has 4 rings (SSSR count). The Bertz CT molecular complexity index is 606. The lowest BCUT2D eigenvalue weighted by Crippen LogP contribution is -2.28. The fraction of sp³-hybridized carbons (Fsp3) is 0.538. The van der Waals surface area contributed by atoms with Gasteiger partial charge in [-0.2, -0.15) is 0 Å². The Morgan fingerprint density at radius 3 is 3.05 bits per heavy atom. The third-order valence-corrected chi connectivity index (χ3v) is 4.35. The van der Waals surface area contributed by atoms with Crippen LogP contribution in [0.4, 0.5) is 5.82 Å². The summed E-state index contributed by atoms with van der Waals surface area (Å²) in [5.41, 5.74) is 0.896. The Hall–Kier alpha value is -1.14. The van der Waals surface area contributed by atoms with Gasteiger partial charge in [-0.3, -0.25) is 4.90 Å². The maximum absolute atomic E-state index is 4.53. The molecule has 5 nitrogen and oxygen atoms in total. The summed E-state index contributed by atoms with van der Waals surface area (Å²) in [5, 5.41) is 3.56. The van der Waals surface area contributed by atoms with E-state index in [4.69, 9.17) is 0 Å². The second kappa shape index (κ2) is 4.45. The number of imidazole rings is 1. The molecule has 1 aliphatic carbocycles. The zero-order valence-corrected chi connectivity index (χ0v) is 12.2. The van der Waals surface area contributed by atoms with Gasteiger partial charge in [0.2, 0.25) is 0 Å². The normalized spacial score (nSPS) is 24.2. The Morgan fingerprint density at radius 2 is 2.21 bits per heavy atom. The van der Waals surface area contributed by atoms with Crippen LogP contribution in [0.25, 0.3) is 5.65 Å². The van der Waals surface area contributed by atoms with Crippen molar-refractivity contribution in [2.75, 3.05) is 18.4 Å². The smallest absolute Gasteiger partial charge is 0.180 e. The summed E-state index contributed by atoms with van der Waals surface area (Å²) in [6, 6.07) is 1.34. The maximum Gasteiger partial charge on any atom is 0.180 e. The van der Waals surface area contributed by atoms with Crippen LogP contribution in [0.2, 0.25) is 0 Å². The van der Waals surface area contributed by atoms with Gasteiger partial charge in [0.25, 0.3) is 0 Å². The monoisotopic (exact) mass is 321 g/mol. The summed E-state index contributed by atoms with van der Waals surface area (Å²) in [6.45, 7) is 2.34. The first-order valence-corrected chi connectivity index (χ1v) is 7.59. The lowest BCUT2D eigenvalue weighted by molar-refractivity contribution is 0.326. The van der Waals surface area contributed by atoms with Crippen molar-refractivity contribution in [2.24, 2.45) is 0 Å². The number of hydrogen-bond acceptors (Lipinski definition) is 4. The number of hydrogen-bond donors (Lipinski definition) is 1. The van der Waals surface area contributed by atoms with Crippen molar-refractivity contribution in [2.45, 2.75) is 31.3 Å². The van der Waals surface area contributed by atoms with Gasteiger partial charge in [-0.15, -0.1) is 0 Å². The van der Waals surface area contributed by atoms with E-state index in [1.165, 1.54) is 25.8 Å². The van der Waals surface area contributed by atoms with E-state index in [1.807, 2.05) is 16.8 Å². The third kappa shape index (κ3) is 2.23. The van der Waals surface area contributed by atoms with Crippen molar-refractivity contribution in [3.8, 4) is 0 Å². The van der Waals surface area contributed by atoms with Crippen molar-refractivity contribution < 1.29 is 0 Å². The van der Waals surface area contributed by atoms with Crippen LogP contribution in [-0.4, -0.2) is 44.4 Å². The van der Waals surface area contributed by atoms with E-state index in [0.29, 0.717) is 6.04 Å². The van der Waals surface area contributed by atoms with E-state index >= 15 is 0 Å². The molecule has 2 aliphatic rings. The van der Waals surface area contributed by atoms with Crippen molar-refractivity contribution in [1.29, 1.82) is 0 Å². The number of rotatable bonds is 3. The molecule has 2 aromatic heterocycles. The largest absolute Gasteiger partial charge is 0.363 e. The molecule has 1 atom stereocenters. The maximum atomic E-state index is 4.53. The van der Waals surface area contributed by atoms with Gasteiger partial charge < -0.3 is 9.72 Å². The van der Waals surface area contributed by atoms with Crippen molar-refractivity contribution in [3.05, 3.63) is 23.2 Å². The molecular weight excluding hydrogens is 306 g/mol. The van der Waals surface area contributed by atoms with E-state index in [1.54, 1.807) is 6.20 Å². The van der Waals surface area contributed by atoms with Crippen LogP contribution in [0.5, 0.6) is 0 Å². The van der Waals surface area contributed by atoms with Gasteiger partial charge in [0, 0.05) is 43.8 Å². The Kier molecular flexibility index (Phi) is 2.73. The molecule has 6 heteroatoms. The Morgan fingerprint density at radius 1 is 1.32 bits per heavy atom. The lowest BCUT2D eigenvalue weighted by atomic mass is 10.2. The van der Waals surface area contributed by atoms with Crippen LogP contribution in [-0.2, 0) is 0 Å². The Balaban J connectivity index is 1.56. The highest BCUT2D eigenvalue weighted by molar-refractivity contribution is 9.10. The molecule has 0 aromatic carbocycles. The predicted octanol–water partition coefficient (Wildman–Crippen LogP) is 2.14. The minimum Gasteiger partial charge on any atom is -0.363 e. The summed E-state index contributed by atoms with van der Waals surface area (Å²) >= 11 is 3.45. The summed E-state index contributed by atoms with van der Waals surface area (Å²) in [4.78, 5) is 11.5. The molecule has 1 aliphatic heterocycles. The molecule has 1 saturated carbocycles. The zero-order chi connectivity index (χ0) is 12.8. The highest BCUT2D eigenvalue weighted by Crippen LogP contribution is 2.30.